The van der Waals surface area contributed by atoms with Crippen LogP contribution in [0.15, 0.2) is 0 Å². The van der Waals surface area contributed by atoms with Crippen LogP contribution in [0.2, 0.25) is 0 Å². The summed E-state index contributed by atoms with van der Waals surface area (Å²) in [6, 6.07) is 0.643. The Bertz CT molecular complexity index is 165. The maximum absolute atomic E-state index is 5.15. The molecular weight excluding hydrogens is 210 g/mol. The average molecular weight is 233 g/mol. The first kappa shape index (κ1) is 13.3. The molecule has 0 aromatic carbocycles. The SMILES string of the molecule is COC(CNC1CCCC(SC)C1)OC. The average Bonchev–Trinajstić information content (AvgIpc) is 2.31. The van der Waals surface area contributed by atoms with Gasteiger partial charge in [0.1, 0.15) is 0 Å². The van der Waals surface area contributed by atoms with E-state index < -0.39 is 0 Å². The minimum atomic E-state index is -0.111. The Labute approximate surface area is 97.3 Å². The van der Waals surface area contributed by atoms with Crippen molar-refractivity contribution in [2.45, 2.75) is 43.3 Å². The van der Waals surface area contributed by atoms with E-state index in [9.17, 15) is 0 Å². The van der Waals surface area contributed by atoms with Crippen molar-refractivity contribution < 1.29 is 9.47 Å². The summed E-state index contributed by atoms with van der Waals surface area (Å²) in [4.78, 5) is 0. The first-order valence-electron chi connectivity index (χ1n) is 5.62. The molecule has 4 heteroatoms. The van der Waals surface area contributed by atoms with Crippen molar-refractivity contribution in [3.63, 3.8) is 0 Å². The number of nitrogens with one attached hydrogen (secondary N) is 1. The highest BCUT2D eigenvalue weighted by molar-refractivity contribution is 7.99. The number of thioether (sulfide) groups is 1. The quantitative estimate of drug-likeness (QED) is 0.710. The fourth-order valence-electron chi connectivity index (χ4n) is 2.07. The fraction of sp³-hybridized carbons (Fsp3) is 1.00. The molecule has 3 nitrogen and oxygen atoms in total. The third-order valence-corrected chi connectivity index (χ3v) is 4.15. The highest BCUT2D eigenvalue weighted by Gasteiger charge is 2.21. The van der Waals surface area contributed by atoms with Gasteiger partial charge in [-0.1, -0.05) is 6.42 Å². The second-order valence-corrected chi connectivity index (χ2v) is 5.17. The zero-order valence-corrected chi connectivity index (χ0v) is 10.8. The molecular formula is C11H23NO2S. The van der Waals surface area contributed by atoms with Gasteiger partial charge in [0.2, 0.25) is 0 Å². The van der Waals surface area contributed by atoms with Gasteiger partial charge >= 0.3 is 0 Å². The predicted octanol–water partition coefficient (Wildman–Crippen LogP) is 1.87. The molecule has 1 saturated carbocycles. The van der Waals surface area contributed by atoms with Gasteiger partial charge in [-0.3, -0.25) is 0 Å². The van der Waals surface area contributed by atoms with Crippen LogP contribution in [0.5, 0.6) is 0 Å². The molecule has 0 amide bonds. The van der Waals surface area contributed by atoms with Gasteiger partial charge in [-0.25, -0.2) is 0 Å². The lowest BCUT2D eigenvalue weighted by molar-refractivity contribution is -0.100. The first-order chi connectivity index (χ1) is 7.30. The Hall–Kier alpha value is 0.230. The van der Waals surface area contributed by atoms with E-state index >= 15 is 0 Å². The summed E-state index contributed by atoms with van der Waals surface area (Å²) in [5, 5.41) is 4.36. The van der Waals surface area contributed by atoms with Crippen LogP contribution in [0.4, 0.5) is 0 Å². The molecule has 1 fully saturated rings. The third kappa shape index (κ3) is 4.72. The molecule has 0 spiro atoms. The molecule has 0 saturated heterocycles. The lowest BCUT2D eigenvalue weighted by Crippen LogP contribution is -2.40. The number of hydrogen-bond donors (Lipinski definition) is 1. The number of methoxy groups -OCH3 is 2. The molecule has 0 aromatic rings. The zero-order valence-electron chi connectivity index (χ0n) is 9.99. The van der Waals surface area contributed by atoms with Gasteiger partial charge in [-0.2, -0.15) is 11.8 Å². The van der Waals surface area contributed by atoms with Crippen molar-refractivity contribution in [1.82, 2.24) is 5.32 Å². The predicted molar refractivity (Wildman–Crippen MR) is 65.4 cm³/mol. The highest BCUT2D eigenvalue weighted by Crippen LogP contribution is 2.26. The van der Waals surface area contributed by atoms with Gasteiger partial charge in [-0.05, 0) is 25.5 Å². The Morgan fingerprint density at radius 1 is 1.33 bits per heavy atom. The van der Waals surface area contributed by atoms with Crippen LogP contribution in [0.25, 0.3) is 0 Å². The van der Waals surface area contributed by atoms with Gasteiger partial charge in [0.05, 0.1) is 0 Å². The van der Waals surface area contributed by atoms with E-state index in [1.165, 1.54) is 25.7 Å². The largest absolute Gasteiger partial charge is 0.355 e. The Morgan fingerprint density at radius 2 is 2.07 bits per heavy atom. The summed E-state index contributed by atoms with van der Waals surface area (Å²) in [6.45, 7) is 0.790. The minimum absolute atomic E-state index is 0.111. The topological polar surface area (TPSA) is 30.5 Å². The molecule has 1 N–H and O–H groups in total. The first-order valence-corrected chi connectivity index (χ1v) is 6.90. The minimum Gasteiger partial charge on any atom is -0.355 e. The Balaban J connectivity index is 2.20. The molecule has 1 aliphatic carbocycles. The highest BCUT2D eigenvalue weighted by atomic mass is 32.2. The van der Waals surface area contributed by atoms with Crippen LogP contribution >= 0.6 is 11.8 Å². The van der Waals surface area contributed by atoms with Crippen molar-refractivity contribution in [2.24, 2.45) is 0 Å². The normalized spacial score (nSPS) is 27.2. The molecule has 2 unspecified atom stereocenters. The summed E-state index contributed by atoms with van der Waals surface area (Å²) < 4.78 is 10.3. The summed E-state index contributed by atoms with van der Waals surface area (Å²) in [5.74, 6) is 0. The lowest BCUT2D eigenvalue weighted by Gasteiger charge is -2.29. The molecule has 1 rings (SSSR count). The van der Waals surface area contributed by atoms with Crippen LogP contribution in [0, 0.1) is 0 Å². The van der Waals surface area contributed by atoms with E-state index in [4.69, 9.17) is 9.47 Å². The number of hydrogen-bond acceptors (Lipinski definition) is 4. The second kappa shape index (κ2) is 7.49. The standard InChI is InChI=1S/C11H23NO2S/c1-13-11(14-2)8-12-9-5-4-6-10(7-9)15-3/h9-12H,4-8H2,1-3H3. The van der Waals surface area contributed by atoms with Crippen LogP contribution in [0.1, 0.15) is 25.7 Å². The fourth-order valence-corrected chi connectivity index (χ4v) is 2.90. The van der Waals surface area contributed by atoms with Crippen molar-refractivity contribution in [2.75, 3.05) is 27.0 Å². The monoisotopic (exact) mass is 233 g/mol. The van der Waals surface area contributed by atoms with Gasteiger partial charge in [0.15, 0.2) is 6.29 Å². The van der Waals surface area contributed by atoms with E-state index in [2.05, 4.69) is 11.6 Å². The van der Waals surface area contributed by atoms with Crippen LogP contribution < -0.4 is 5.32 Å². The van der Waals surface area contributed by atoms with E-state index in [1.54, 1.807) is 14.2 Å². The second-order valence-electron chi connectivity index (χ2n) is 4.03. The van der Waals surface area contributed by atoms with Crippen LogP contribution in [0.3, 0.4) is 0 Å². The van der Waals surface area contributed by atoms with E-state index in [-0.39, 0.29) is 6.29 Å². The molecule has 0 radical (unpaired) electrons. The summed E-state index contributed by atoms with van der Waals surface area (Å²) >= 11 is 1.99. The number of ether oxygens (including phenoxy) is 2. The van der Waals surface area contributed by atoms with Gasteiger partial charge < -0.3 is 14.8 Å². The van der Waals surface area contributed by atoms with E-state index in [0.29, 0.717) is 6.04 Å². The molecule has 0 bridgehead atoms. The summed E-state index contributed by atoms with van der Waals surface area (Å²) in [7, 11) is 3.36. The smallest absolute Gasteiger partial charge is 0.169 e. The molecule has 2 atom stereocenters. The third-order valence-electron chi connectivity index (χ3n) is 3.06. The van der Waals surface area contributed by atoms with Crippen molar-refractivity contribution >= 4 is 11.8 Å². The van der Waals surface area contributed by atoms with Crippen molar-refractivity contribution in [1.29, 1.82) is 0 Å². The summed E-state index contributed by atoms with van der Waals surface area (Å²) in [6.07, 6.45) is 7.38. The van der Waals surface area contributed by atoms with Gasteiger partial charge in [0, 0.05) is 32.1 Å². The maximum Gasteiger partial charge on any atom is 0.169 e. The van der Waals surface area contributed by atoms with E-state index in [0.717, 1.165) is 11.8 Å². The molecule has 90 valence electrons. The number of rotatable bonds is 6. The molecule has 0 aliphatic heterocycles. The van der Waals surface area contributed by atoms with Gasteiger partial charge in [0.25, 0.3) is 0 Å². The van der Waals surface area contributed by atoms with Crippen molar-refractivity contribution in [3.05, 3.63) is 0 Å². The molecule has 0 heterocycles. The molecule has 15 heavy (non-hydrogen) atoms. The van der Waals surface area contributed by atoms with Crippen LogP contribution in [-0.2, 0) is 9.47 Å². The van der Waals surface area contributed by atoms with E-state index in [1.807, 2.05) is 11.8 Å². The lowest BCUT2D eigenvalue weighted by atomic mass is 9.95. The summed E-state index contributed by atoms with van der Waals surface area (Å²) in [5.41, 5.74) is 0. The van der Waals surface area contributed by atoms with Crippen LogP contribution in [-0.4, -0.2) is 44.6 Å². The maximum atomic E-state index is 5.15. The Kier molecular flexibility index (Phi) is 6.64. The molecule has 1 aliphatic rings. The zero-order chi connectivity index (χ0) is 11.1. The van der Waals surface area contributed by atoms with Crippen molar-refractivity contribution in [3.8, 4) is 0 Å². The Morgan fingerprint density at radius 3 is 2.67 bits per heavy atom. The molecule has 0 aromatic heterocycles. The van der Waals surface area contributed by atoms with Gasteiger partial charge in [-0.15, -0.1) is 0 Å².